The zero-order valence-corrected chi connectivity index (χ0v) is 8.79. The van der Waals surface area contributed by atoms with E-state index in [0.717, 1.165) is 13.0 Å². The summed E-state index contributed by atoms with van der Waals surface area (Å²) >= 11 is 1.83. The van der Waals surface area contributed by atoms with Gasteiger partial charge in [0.2, 0.25) is 0 Å². The highest BCUT2D eigenvalue weighted by atomic mass is 32.1. The van der Waals surface area contributed by atoms with E-state index in [-0.39, 0.29) is 0 Å². The normalized spacial score (nSPS) is 10.6. The van der Waals surface area contributed by atoms with E-state index in [2.05, 4.69) is 24.1 Å². The molecular formula is C9H16N2S. The summed E-state index contributed by atoms with van der Waals surface area (Å²) in [6.07, 6.45) is 2.29. The van der Waals surface area contributed by atoms with E-state index in [1.54, 1.807) is 0 Å². The number of nitrogens with zero attached hydrogens (tertiary/aromatic N) is 1. The zero-order chi connectivity index (χ0) is 8.97. The molecule has 1 rings (SSSR count). The number of hydrogen-bond donors (Lipinski definition) is 1. The van der Waals surface area contributed by atoms with Gasteiger partial charge in [-0.2, -0.15) is 0 Å². The average molecular weight is 184 g/mol. The second-order valence-electron chi connectivity index (χ2n) is 2.96. The van der Waals surface area contributed by atoms with E-state index in [0.29, 0.717) is 0 Å². The van der Waals surface area contributed by atoms with Crippen LogP contribution < -0.4 is 5.32 Å². The monoisotopic (exact) mass is 184 g/mol. The van der Waals surface area contributed by atoms with Crippen LogP contribution in [0.5, 0.6) is 0 Å². The van der Waals surface area contributed by atoms with Crippen LogP contribution in [-0.2, 0) is 6.42 Å². The van der Waals surface area contributed by atoms with Crippen molar-refractivity contribution in [3.8, 4) is 0 Å². The Balaban J connectivity index is 2.42. The van der Waals surface area contributed by atoms with E-state index < -0.39 is 0 Å². The lowest BCUT2D eigenvalue weighted by atomic mass is 10.3. The first-order chi connectivity index (χ1) is 5.74. The molecule has 0 amide bonds. The molecule has 0 aromatic carbocycles. The second kappa shape index (κ2) is 4.58. The van der Waals surface area contributed by atoms with Crippen molar-refractivity contribution in [3.05, 3.63) is 15.6 Å². The Hall–Kier alpha value is -0.410. The molecule has 0 radical (unpaired) electrons. The Kier molecular flexibility index (Phi) is 3.69. The molecule has 3 heteroatoms. The van der Waals surface area contributed by atoms with Crippen LogP contribution in [0, 0.1) is 13.8 Å². The zero-order valence-electron chi connectivity index (χ0n) is 7.98. The summed E-state index contributed by atoms with van der Waals surface area (Å²) in [5, 5.41) is 4.41. The molecule has 0 aliphatic carbocycles. The van der Waals surface area contributed by atoms with Gasteiger partial charge in [0.25, 0.3) is 0 Å². The molecule has 0 saturated carbocycles. The van der Waals surface area contributed by atoms with Gasteiger partial charge in [-0.05, 0) is 33.9 Å². The SMILES string of the molecule is CNCCCc1nc(C)c(C)s1. The predicted molar refractivity (Wildman–Crippen MR) is 53.8 cm³/mol. The van der Waals surface area contributed by atoms with Crippen molar-refractivity contribution in [1.29, 1.82) is 0 Å². The minimum atomic E-state index is 1.08. The number of thiazole rings is 1. The molecule has 1 aromatic heterocycles. The fraction of sp³-hybridized carbons (Fsp3) is 0.667. The van der Waals surface area contributed by atoms with E-state index >= 15 is 0 Å². The van der Waals surface area contributed by atoms with Crippen LogP contribution in [0.4, 0.5) is 0 Å². The molecule has 0 atom stereocenters. The van der Waals surface area contributed by atoms with Gasteiger partial charge in [-0.15, -0.1) is 11.3 Å². The minimum absolute atomic E-state index is 1.08. The van der Waals surface area contributed by atoms with Gasteiger partial charge in [0.15, 0.2) is 0 Å². The molecule has 68 valence electrons. The number of rotatable bonds is 4. The van der Waals surface area contributed by atoms with Gasteiger partial charge < -0.3 is 5.32 Å². The van der Waals surface area contributed by atoms with Crippen LogP contribution in [-0.4, -0.2) is 18.6 Å². The molecule has 0 bridgehead atoms. The van der Waals surface area contributed by atoms with Crippen molar-refractivity contribution in [3.63, 3.8) is 0 Å². The lowest BCUT2D eigenvalue weighted by Gasteiger charge is -1.94. The molecule has 0 fully saturated rings. The Morgan fingerprint density at radius 1 is 1.42 bits per heavy atom. The number of nitrogens with one attached hydrogen (secondary N) is 1. The van der Waals surface area contributed by atoms with Gasteiger partial charge in [0, 0.05) is 11.3 Å². The molecule has 0 saturated heterocycles. The first-order valence-corrected chi connectivity index (χ1v) is 5.13. The molecule has 0 aliphatic heterocycles. The molecular weight excluding hydrogens is 168 g/mol. The summed E-state index contributed by atoms with van der Waals surface area (Å²) in [5.74, 6) is 0. The highest BCUT2D eigenvalue weighted by Crippen LogP contribution is 2.17. The third-order valence-corrected chi connectivity index (χ3v) is 3.02. The van der Waals surface area contributed by atoms with Crippen LogP contribution >= 0.6 is 11.3 Å². The van der Waals surface area contributed by atoms with E-state index in [9.17, 15) is 0 Å². The lowest BCUT2D eigenvalue weighted by molar-refractivity contribution is 0.721. The number of aromatic nitrogens is 1. The molecule has 1 heterocycles. The van der Waals surface area contributed by atoms with Gasteiger partial charge in [-0.25, -0.2) is 4.98 Å². The standard InChI is InChI=1S/C9H16N2S/c1-7-8(2)12-9(11-7)5-4-6-10-3/h10H,4-6H2,1-3H3. The molecule has 1 N–H and O–H groups in total. The summed E-state index contributed by atoms with van der Waals surface area (Å²) in [5.41, 5.74) is 1.19. The van der Waals surface area contributed by atoms with Crippen LogP contribution in [0.15, 0.2) is 0 Å². The Morgan fingerprint density at radius 3 is 2.67 bits per heavy atom. The third kappa shape index (κ3) is 2.57. The second-order valence-corrected chi connectivity index (χ2v) is 4.24. The predicted octanol–water partition coefficient (Wildman–Crippen LogP) is 1.91. The third-order valence-electron chi connectivity index (χ3n) is 1.89. The van der Waals surface area contributed by atoms with E-state index in [1.165, 1.54) is 22.0 Å². The quantitative estimate of drug-likeness (QED) is 0.723. The number of aryl methyl sites for hydroxylation is 3. The molecule has 0 spiro atoms. The van der Waals surface area contributed by atoms with Crippen LogP contribution in [0.3, 0.4) is 0 Å². The summed E-state index contributed by atoms with van der Waals surface area (Å²) < 4.78 is 0. The van der Waals surface area contributed by atoms with Crippen molar-refractivity contribution in [2.45, 2.75) is 26.7 Å². The maximum absolute atomic E-state index is 4.47. The summed E-state index contributed by atoms with van der Waals surface area (Å²) in [7, 11) is 1.98. The Morgan fingerprint density at radius 2 is 2.17 bits per heavy atom. The molecule has 0 unspecified atom stereocenters. The van der Waals surface area contributed by atoms with E-state index in [4.69, 9.17) is 0 Å². The first-order valence-electron chi connectivity index (χ1n) is 4.31. The van der Waals surface area contributed by atoms with Gasteiger partial charge in [-0.1, -0.05) is 0 Å². The fourth-order valence-corrected chi connectivity index (χ4v) is 2.04. The van der Waals surface area contributed by atoms with Gasteiger partial charge >= 0.3 is 0 Å². The van der Waals surface area contributed by atoms with Crippen LogP contribution in [0.1, 0.15) is 22.0 Å². The number of hydrogen-bond acceptors (Lipinski definition) is 3. The smallest absolute Gasteiger partial charge is 0.0931 e. The van der Waals surface area contributed by atoms with Gasteiger partial charge in [0.05, 0.1) is 10.7 Å². The maximum atomic E-state index is 4.47. The van der Waals surface area contributed by atoms with Crippen molar-refractivity contribution < 1.29 is 0 Å². The van der Waals surface area contributed by atoms with Gasteiger partial charge in [-0.3, -0.25) is 0 Å². The van der Waals surface area contributed by atoms with Crippen molar-refractivity contribution in [2.75, 3.05) is 13.6 Å². The van der Waals surface area contributed by atoms with Crippen LogP contribution in [0.25, 0.3) is 0 Å². The molecule has 2 nitrogen and oxygen atoms in total. The largest absolute Gasteiger partial charge is 0.320 e. The average Bonchev–Trinajstić information content (AvgIpc) is 2.32. The van der Waals surface area contributed by atoms with Gasteiger partial charge in [0.1, 0.15) is 0 Å². The molecule has 1 aromatic rings. The Bertz CT molecular complexity index is 223. The summed E-state index contributed by atoms with van der Waals surface area (Å²) in [6.45, 7) is 5.29. The molecule has 12 heavy (non-hydrogen) atoms. The van der Waals surface area contributed by atoms with E-state index in [1.807, 2.05) is 18.4 Å². The summed E-state index contributed by atoms with van der Waals surface area (Å²) in [4.78, 5) is 5.83. The van der Waals surface area contributed by atoms with Crippen molar-refractivity contribution >= 4 is 11.3 Å². The highest BCUT2D eigenvalue weighted by Gasteiger charge is 2.01. The minimum Gasteiger partial charge on any atom is -0.320 e. The van der Waals surface area contributed by atoms with Crippen molar-refractivity contribution in [2.24, 2.45) is 0 Å². The topological polar surface area (TPSA) is 24.9 Å². The maximum Gasteiger partial charge on any atom is 0.0931 e. The lowest BCUT2D eigenvalue weighted by Crippen LogP contribution is -2.08. The van der Waals surface area contributed by atoms with Crippen LogP contribution in [0.2, 0.25) is 0 Å². The molecule has 0 aliphatic rings. The first kappa shape index (κ1) is 9.68. The fourth-order valence-electron chi connectivity index (χ4n) is 1.06. The highest BCUT2D eigenvalue weighted by molar-refractivity contribution is 7.11. The summed E-state index contributed by atoms with van der Waals surface area (Å²) in [6, 6.07) is 0. The van der Waals surface area contributed by atoms with Crippen molar-refractivity contribution in [1.82, 2.24) is 10.3 Å². The Labute approximate surface area is 78.0 Å².